The second-order valence-electron chi connectivity index (χ2n) is 2.99. The zero-order chi connectivity index (χ0) is 9.68. The summed E-state index contributed by atoms with van der Waals surface area (Å²) in [5.41, 5.74) is 1.45. The Morgan fingerprint density at radius 3 is 2.85 bits per heavy atom. The first-order valence-corrected chi connectivity index (χ1v) is 4.57. The van der Waals surface area contributed by atoms with E-state index in [4.69, 9.17) is 4.74 Å². The van der Waals surface area contributed by atoms with E-state index in [-0.39, 0.29) is 5.82 Å². The molecular weight excluding hydrogens is 167 g/mol. The monoisotopic (exact) mass is 182 g/mol. The Morgan fingerprint density at radius 2 is 2.15 bits per heavy atom. The quantitative estimate of drug-likeness (QED) is 0.650. The van der Waals surface area contributed by atoms with Gasteiger partial charge in [0.1, 0.15) is 5.82 Å². The second-order valence-corrected chi connectivity index (χ2v) is 2.99. The highest BCUT2D eigenvalue weighted by molar-refractivity contribution is 5.24. The summed E-state index contributed by atoms with van der Waals surface area (Å²) >= 11 is 0. The molecule has 0 aliphatic carbocycles. The fourth-order valence-electron chi connectivity index (χ4n) is 1.23. The molecule has 0 amide bonds. The van der Waals surface area contributed by atoms with Gasteiger partial charge in [0.05, 0.1) is 6.61 Å². The number of hydrogen-bond donors (Lipinski definition) is 0. The molecule has 0 aliphatic rings. The molecule has 1 rings (SSSR count). The van der Waals surface area contributed by atoms with Crippen molar-refractivity contribution in [3.8, 4) is 0 Å². The molecule has 0 spiro atoms. The Hall–Kier alpha value is -0.890. The highest BCUT2D eigenvalue weighted by atomic mass is 19.1. The van der Waals surface area contributed by atoms with Crippen LogP contribution in [0.3, 0.4) is 0 Å². The SMILES string of the molecule is CCOCCc1cccc(C)c1F. The van der Waals surface area contributed by atoms with Crippen molar-refractivity contribution in [3.05, 3.63) is 35.1 Å². The minimum atomic E-state index is -0.0952. The minimum absolute atomic E-state index is 0.0952. The van der Waals surface area contributed by atoms with Gasteiger partial charge in [-0.1, -0.05) is 18.2 Å². The number of hydrogen-bond acceptors (Lipinski definition) is 1. The van der Waals surface area contributed by atoms with Crippen LogP contribution >= 0.6 is 0 Å². The first-order chi connectivity index (χ1) is 6.25. The highest BCUT2D eigenvalue weighted by Gasteiger charge is 2.03. The zero-order valence-corrected chi connectivity index (χ0v) is 8.14. The van der Waals surface area contributed by atoms with E-state index < -0.39 is 0 Å². The molecule has 2 heteroatoms. The van der Waals surface area contributed by atoms with Gasteiger partial charge in [-0.05, 0) is 31.4 Å². The first-order valence-electron chi connectivity index (χ1n) is 4.57. The van der Waals surface area contributed by atoms with Crippen LogP contribution in [0.4, 0.5) is 4.39 Å². The summed E-state index contributed by atoms with van der Waals surface area (Å²) in [4.78, 5) is 0. The van der Waals surface area contributed by atoms with Gasteiger partial charge in [0.2, 0.25) is 0 Å². The molecule has 0 atom stereocenters. The Kier molecular flexibility index (Phi) is 3.90. The van der Waals surface area contributed by atoms with Gasteiger partial charge in [-0.25, -0.2) is 4.39 Å². The van der Waals surface area contributed by atoms with Crippen LogP contribution in [0.2, 0.25) is 0 Å². The van der Waals surface area contributed by atoms with Crippen LogP contribution in [0, 0.1) is 12.7 Å². The third-order valence-electron chi connectivity index (χ3n) is 1.99. The van der Waals surface area contributed by atoms with Crippen molar-refractivity contribution in [3.63, 3.8) is 0 Å². The van der Waals surface area contributed by atoms with E-state index in [1.54, 1.807) is 19.1 Å². The van der Waals surface area contributed by atoms with Gasteiger partial charge in [0.25, 0.3) is 0 Å². The molecule has 0 fully saturated rings. The van der Waals surface area contributed by atoms with E-state index in [2.05, 4.69) is 0 Å². The standard InChI is InChI=1S/C11H15FO/c1-3-13-8-7-10-6-4-5-9(2)11(10)12/h4-6H,3,7-8H2,1-2H3. The largest absolute Gasteiger partial charge is 0.381 e. The van der Waals surface area contributed by atoms with Crippen LogP contribution in [0.25, 0.3) is 0 Å². The van der Waals surface area contributed by atoms with E-state index in [0.717, 1.165) is 5.56 Å². The summed E-state index contributed by atoms with van der Waals surface area (Å²) in [6, 6.07) is 5.46. The van der Waals surface area contributed by atoms with Crippen LogP contribution in [0.15, 0.2) is 18.2 Å². The van der Waals surface area contributed by atoms with Gasteiger partial charge in [-0.2, -0.15) is 0 Å². The van der Waals surface area contributed by atoms with Crippen molar-refractivity contribution < 1.29 is 9.13 Å². The molecule has 0 aromatic heterocycles. The van der Waals surface area contributed by atoms with Gasteiger partial charge >= 0.3 is 0 Å². The summed E-state index contributed by atoms with van der Waals surface area (Å²) in [6.07, 6.45) is 0.654. The van der Waals surface area contributed by atoms with Crippen molar-refractivity contribution in [2.75, 3.05) is 13.2 Å². The summed E-state index contributed by atoms with van der Waals surface area (Å²) in [7, 11) is 0. The molecule has 1 nitrogen and oxygen atoms in total. The average molecular weight is 182 g/mol. The zero-order valence-electron chi connectivity index (χ0n) is 8.14. The number of ether oxygens (including phenoxy) is 1. The molecular formula is C11H15FO. The second kappa shape index (κ2) is 4.97. The van der Waals surface area contributed by atoms with Crippen molar-refractivity contribution >= 4 is 0 Å². The lowest BCUT2D eigenvalue weighted by molar-refractivity contribution is 0.150. The summed E-state index contributed by atoms with van der Waals surface area (Å²) < 4.78 is 18.5. The van der Waals surface area contributed by atoms with E-state index in [1.165, 1.54) is 0 Å². The maximum atomic E-state index is 13.4. The molecule has 0 saturated carbocycles. The molecule has 72 valence electrons. The van der Waals surface area contributed by atoms with Crippen molar-refractivity contribution in [1.29, 1.82) is 0 Å². The van der Waals surface area contributed by atoms with Gasteiger partial charge in [0, 0.05) is 6.61 Å². The molecule has 1 aromatic carbocycles. The fraction of sp³-hybridized carbons (Fsp3) is 0.455. The van der Waals surface area contributed by atoms with Crippen LogP contribution in [0.1, 0.15) is 18.1 Å². The van der Waals surface area contributed by atoms with Crippen LogP contribution in [-0.2, 0) is 11.2 Å². The Balaban J connectivity index is 2.61. The van der Waals surface area contributed by atoms with Crippen molar-refractivity contribution in [1.82, 2.24) is 0 Å². The summed E-state index contributed by atoms with van der Waals surface area (Å²) in [6.45, 7) is 5.00. The normalized spacial score (nSPS) is 10.4. The predicted molar refractivity (Wildman–Crippen MR) is 51.3 cm³/mol. The first kappa shape index (κ1) is 10.2. The fourth-order valence-corrected chi connectivity index (χ4v) is 1.23. The van der Waals surface area contributed by atoms with Crippen LogP contribution in [-0.4, -0.2) is 13.2 Å². The van der Waals surface area contributed by atoms with E-state index >= 15 is 0 Å². The molecule has 13 heavy (non-hydrogen) atoms. The third-order valence-corrected chi connectivity index (χ3v) is 1.99. The molecule has 0 aliphatic heterocycles. The highest BCUT2D eigenvalue weighted by Crippen LogP contribution is 2.12. The van der Waals surface area contributed by atoms with Crippen LogP contribution < -0.4 is 0 Å². The average Bonchev–Trinajstić information content (AvgIpc) is 2.13. The van der Waals surface area contributed by atoms with Gasteiger partial charge < -0.3 is 4.74 Å². The molecule has 0 N–H and O–H groups in total. The molecule has 0 bridgehead atoms. The van der Waals surface area contributed by atoms with E-state index in [0.29, 0.717) is 25.2 Å². The maximum absolute atomic E-state index is 13.4. The topological polar surface area (TPSA) is 9.23 Å². The number of halogens is 1. The lowest BCUT2D eigenvalue weighted by Gasteiger charge is -2.04. The Labute approximate surface area is 78.5 Å². The number of rotatable bonds is 4. The summed E-state index contributed by atoms with van der Waals surface area (Å²) in [5.74, 6) is -0.0952. The Morgan fingerprint density at radius 1 is 1.38 bits per heavy atom. The third kappa shape index (κ3) is 2.81. The lowest BCUT2D eigenvalue weighted by Crippen LogP contribution is -2.01. The molecule has 0 unspecified atom stereocenters. The van der Waals surface area contributed by atoms with Crippen LogP contribution in [0.5, 0.6) is 0 Å². The number of aryl methyl sites for hydroxylation is 1. The van der Waals surface area contributed by atoms with E-state index in [9.17, 15) is 4.39 Å². The van der Waals surface area contributed by atoms with Gasteiger partial charge in [0.15, 0.2) is 0 Å². The van der Waals surface area contributed by atoms with Crippen molar-refractivity contribution in [2.45, 2.75) is 20.3 Å². The Bertz CT molecular complexity index is 271. The predicted octanol–water partition coefficient (Wildman–Crippen LogP) is 2.71. The smallest absolute Gasteiger partial charge is 0.129 e. The molecule has 0 saturated heterocycles. The number of benzene rings is 1. The molecule has 0 heterocycles. The van der Waals surface area contributed by atoms with Gasteiger partial charge in [-0.3, -0.25) is 0 Å². The molecule has 1 aromatic rings. The van der Waals surface area contributed by atoms with Crippen molar-refractivity contribution in [2.24, 2.45) is 0 Å². The minimum Gasteiger partial charge on any atom is -0.381 e. The maximum Gasteiger partial charge on any atom is 0.129 e. The summed E-state index contributed by atoms with van der Waals surface area (Å²) in [5, 5.41) is 0. The van der Waals surface area contributed by atoms with E-state index in [1.807, 2.05) is 13.0 Å². The van der Waals surface area contributed by atoms with Gasteiger partial charge in [-0.15, -0.1) is 0 Å². The molecule has 0 radical (unpaired) electrons. The lowest BCUT2D eigenvalue weighted by atomic mass is 10.1.